The first kappa shape index (κ1) is 8.61. The maximum absolute atomic E-state index is 9.80. The van der Waals surface area contributed by atoms with Gasteiger partial charge in [-0.1, -0.05) is 24.3 Å². The molecule has 2 rings (SSSR count). The lowest BCUT2D eigenvalue weighted by Crippen LogP contribution is -2.07. The molecule has 1 N–H and O–H groups in total. The van der Waals surface area contributed by atoms with Gasteiger partial charge in [0.15, 0.2) is 0 Å². The first-order valence-electron chi connectivity index (χ1n) is 4.13. The van der Waals surface area contributed by atoms with Crippen LogP contribution in [0, 0.1) is 10.7 Å². The van der Waals surface area contributed by atoms with Crippen molar-refractivity contribution in [3.8, 4) is 5.40 Å². The highest BCUT2D eigenvalue weighted by Crippen LogP contribution is 2.37. The zero-order valence-electron chi connectivity index (χ0n) is 6.97. The summed E-state index contributed by atoms with van der Waals surface area (Å²) in [4.78, 5) is 0. The second kappa shape index (κ2) is 3.41. The monoisotopic (exact) mass is 191 g/mol. The van der Waals surface area contributed by atoms with Crippen LogP contribution in [-0.4, -0.2) is 10.4 Å². The van der Waals surface area contributed by atoms with Crippen molar-refractivity contribution in [3.05, 3.63) is 35.4 Å². The van der Waals surface area contributed by atoms with Crippen molar-refractivity contribution in [1.29, 1.82) is 5.26 Å². The largest absolute Gasteiger partial charge is 0.387 e. The number of benzene rings is 1. The maximum atomic E-state index is 9.80. The third-order valence-electron chi connectivity index (χ3n) is 2.35. The summed E-state index contributed by atoms with van der Waals surface area (Å²) in [7, 11) is 0. The molecule has 13 heavy (non-hydrogen) atoms. The number of nitriles is 1. The molecular weight excluding hydrogens is 182 g/mol. The predicted molar refractivity (Wildman–Crippen MR) is 52.1 cm³/mol. The molecule has 2 atom stereocenters. The van der Waals surface area contributed by atoms with Gasteiger partial charge in [-0.15, -0.1) is 0 Å². The fraction of sp³-hybridized carbons (Fsp3) is 0.300. The quantitative estimate of drug-likeness (QED) is 0.689. The highest BCUT2D eigenvalue weighted by Gasteiger charge is 2.30. The molecule has 0 spiro atoms. The summed E-state index contributed by atoms with van der Waals surface area (Å²) in [5.41, 5.74) is 2.15. The van der Waals surface area contributed by atoms with Crippen LogP contribution in [0.1, 0.15) is 17.2 Å². The molecule has 0 aliphatic heterocycles. The van der Waals surface area contributed by atoms with Gasteiger partial charge in [-0.25, -0.2) is 0 Å². The van der Waals surface area contributed by atoms with E-state index in [1.54, 1.807) is 0 Å². The molecule has 1 aromatic rings. The van der Waals surface area contributed by atoms with Gasteiger partial charge >= 0.3 is 0 Å². The summed E-state index contributed by atoms with van der Waals surface area (Å²) >= 11 is 1.16. The molecule has 66 valence electrons. The highest BCUT2D eigenvalue weighted by molar-refractivity contribution is 8.04. The molecular formula is C10H9NOS. The van der Waals surface area contributed by atoms with Crippen molar-refractivity contribution in [2.24, 2.45) is 0 Å². The maximum Gasteiger partial charge on any atom is 0.133 e. The number of hydrogen-bond donors (Lipinski definition) is 1. The van der Waals surface area contributed by atoms with E-state index in [4.69, 9.17) is 5.26 Å². The summed E-state index contributed by atoms with van der Waals surface area (Å²) in [5.74, 6) is 0. The molecule has 0 radical (unpaired) electrons. The SMILES string of the molecule is N#CSC1Cc2ccccc2C1O. The topological polar surface area (TPSA) is 44.0 Å². The van der Waals surface area contributed by atoms with Gasteiger partial charge in [0, 0.05) is 0 Å². The molecule has 0 aromatic heterocycles. The number of nitrogens with zero attached hydrogens (tertiary/aromatic N) is 1. The van der Waals surface area contributed by atoms with Gasteiger partial charge < -0.3 is 5.11 Å². The fourth-order valence-corrected chi connectivity index (χ4v) is 2.38. The molecule has 0 heterocycles. The van der Waals surface area contributed by atoms with Crippen molar-refractivity contribution in [1.82, 2.24) is 0 Å². The minimum atomic E-state index is -0.471. The van der Waals surface area contributed by atoms with E-state index in [0.717, 1.165) is 23.7 Å². The van der Waals surface area contributed by atoms with Gasteiger partial charge in [-0.3, -0.25) is 0 Å². The van der Waals surface area contributed by atoms with Gasteiger partial charge in [-0.2, -0.15) is 5.26 Å². The molecule has 0 bridgehead atoms. The second-order valence-corrected chi connectivity index (χ2v) is 4.12. The molecule has 1 aliphatic carbocycles. The fourth-order valence-electron chi connectivity index (χ4n) is 1.71. The summed E-state index contributed by atoms with van der Waals surface area (Å²) in [6, 6.07) is 7.82. The van der Waals surface area contributed by atoms with Crippen molar-refractivity contribution < 1.29 is 5.11 Å². The molecule has 0 amide bonds. The first-order valence-corrected chi connectivity index (χ1v) is 5.01. The van der Waals surface area contributed by atoms with Gasteiger partial charge in [0.25, 0.3) is 0 Å². The van der Waals surface area contributed by atoms with E-state index in [2.05, 4.69) is 0 Å². The van der Waals surface area contributed by atoms with E-state index >= 15 is 0 Å². The van der Waals surface area contributed by atoms with E-state index in [0.29, 0.717) is 0 Å². The Kier molecular flexibility index (Phi) is 2.26. The van der Waals surface area contributed by atoms with Gasteiger partial charge in [-0.05, 0) is 29.3 Å². The summed E-state index contributed by atoms with van der Waals surface area (Å²) in [5, 5.41) is 20.4. The van der Waals surface area contributed by atoms with Crippen LogP contribution in [0.4, 0.5) is 0 Å². The summed E-state index contributed by atoms with van der Waals surface area (Å²) in [6.45, 7) is 0. The Morgan fingerprint density at radius 2 is 2.23 bits per heavy atom. The Labute approximate surface area is 81.2 Å². The average Bonchev–Trinajstić information content (AvgIpc) is 2.46. The van der Waals surface area contributed by atoms with Gasteiger partial charge in [0.1, 0.15) is 5.40 Å². The van der Waals surface area contributed by atoms with Crippen molar-refractivity contribution >= 4 is 11.8 Å². The lowest BCUT2D eigenvalue weighted by atomic mass is 10.1. The smallest absolute Gasteiger partial charge is 0.133 e. The Balaban J connectivity index is 2.28. The highest BCUT2D eigenvalue weighted by atomic mass is 32.2. The van der Waals surface area contributed by atoms with Crippen molar-refractivity contribution in [2.75, 3.05) is 0 Å². The molecule has 0 saturated heterocycles. The van der Waals surface area contributed by atoms with E-state index in [1.807, 2.05) is 29.7 Å². The number of hydrogen-bond acceptors (Lipinski definition) is 3. The summed E-state index contributed by atoms with van der Waals surface area (Å²) < 4.78 is 0. The third-order valence-corrected chi connectivity index (χ3v) is 3.18. The average molecular weight is 191 g/mol. The lowest BCUT2D eigenvalue weighted by Gasteiger charge is -2.09. The number of thioether (sulfide) groups is 1. The van der Waals surface area contributed by atoms with Crippen LogP contribution in [0.25, 0.3) is 0 Å². The zero-order chi connectivity index (χ0) is 9.26. The zero-order valence-corrected chi connectivity index (χ0v) is 7.79. The lowest BCUT2D eigenvalue weighted by molar-refractivity contribution is 0.186. The first-order chi connectivity index (χ1) is 6.33. The molecule has 2 unspecified atom stereocenters. The van der Waals surface area contributed by atoms with Crippen LogP contribution in [0.5, 0.6) is 0 Å². The Morgan fingerprint density at radius 3 is 2.92 bits per heavy atom. The van der Waals surface area contributed by atoms with Crippen LogP contribution in [0.15, 0.2) is 24.3 Å². The Hall–Kier alpha value is -0.980. The van der Waals surface area contributed by atoms with Crippen LogP contribution in [0.2, 0.25) is 0 Å². The normalized spacial score (nSPS) is 25.2. The molecule has 2 nitrogen and oxygen atoms in total. The van der Waals surface area contributed by atoms with Crippen molar-refractivity contribution in [3.63, 3.8) is 0 Å². The minimum Gasteiger partial charge on any atom is -0.387 e. The van der Waals surface area contributed by atoms with E-state index in [1.165, 1.54) is 5.56 Å². The van der Waals surface area contributed by atoms with E-state index in [9.17, 15) is 5.11 Å². The van der Waals surface area contributed by atoms with E-state index < -0.39 is 6.10 Å². The van der Waals surface area contributed by atoms with Crippen molar-refractivity contribution in [2.45, 2.75) is 17.8 Å². The predicted octanol–water partition coefficient (Wildman–Crippen LogP) is 1.86. The standard InChI is InChI=1S/C10H9NOS/c11-6-13-9-5-7-3-1-2-4-8(7)10(9)12/h1-4,9-10,12H,5H2. The van der Waals surface area contributed by atoms with Crippen LogP contribution < -0.4 is 0 Å². The van der Waals surface area contributed by atoms with Crippen LogP contribution in [0.3, 0.4) is 0 Å². The van der Waals surface area contributed by atoms with E-state index in [-0.39, 0.29) is 5.25 Å². The number of fused-ring (bicyclic) bond motifs is 1. The van der Waals surface area contributed by atoms with Crippen LogP contribution >= 0.6 is 11.8 Å². The molecule has 1 aromatic carbocycles. The van der Waals surface area contributed by atoms with Gasteiger partial charge in [0.05, 0.1) is 11.4 Å². The summed E-state index contributed by atoms with van der Waals surface area (Å²) in [6.07, 6.45) is 0.330. The Bertz CT molecular complexity index is 358. The number of aliphatic hydroxyl groups excluding tert-OH is 1. The number of thiocyanates is 1. The molecule has 0 fully saturated rings. The molecule has 1 aliphatic rings. The van der Waals surface area contributed by atoms with Crippen LogP contribution in [-0.2, 0) is 6.42 Å². The molecule has 0 saturated carbocycles. The van der Waals surface area contributed by atoms with Gasteiger partial charge in [0.2, 0.25) is 0 Å². The second-order valence-electron chi connectivity index (χ2n) is 3.10. The number of aliphatic hydroxyl groups is 1. The minimum absolute atomic E-state index is 0.0161. The molecule has 3 heteroatoms. The number of rotatable bonds is 1. The Morgan fingerprint density at radius 1 is 1.46 bits per heavy atom. The third kappa shape index (κ3) is 1.43.